The van der Waals surface area contributed by atoms with Crippen LogP contribution in [0.1, 0.15) is 30.3 Å². The van der Waals surface area contributed by atoms with Gasteiger partial charge >= 0.3 is 6.03 Å². The van der Waals surface area contributed by atoms with Crippen LogP contribution < -0.4 is 5.32 Å². The van der Waals surface area contributed by atoms with Crippen molar-refractivity contribution >= 4 is 23.3 Å². The average Bonchev–Trinajstić information content (AvgIpc) is 3.26. The molecule has 0 aliphatic carbocycles. The van der Waals surface area contributed by atoms with Crippen LogP contribution in [0, 0.1) is 0 Å². The Morgan fingerprint density at radius 3 is 2.85 bits per heavy atom. The molecular formula is C19H24N4O2S. The maximum atomic E-state index is 12.9. The van der Waals surface area contributed by atoms with Gasteiger partial charge in [0.25, 0.3) is 0 Å². The number of amides is 3. The minimum absolute atomic E-state index is 0.117. The van der Waals surface area contributed by atoms with Gasteiger partial charge in [-0.3, -0.25) is 4.79 Å². The van der Waals surface area contributed by atoms with Gasteiger partial charge in [-0.25, -0.2) is 9.78 Å². The Kier molecular flexibility index (Phi) is 6.22. The second-order valence-corrected chi connectivity index (χ2v) is 7.44. The van der Waals surface area contributed by atoms with E-state index in [2.05, 4.69) is 17.2 Å². The Hall–Kier alpha value is -2.41. The monoisotopic (exact) mass is 372 g/mol. The highest BCUT2D eigenvalue weighted by molar-refractivity contribution is 7.09. The van der Waals surface area contributed by atoms with Crippen molar-refractivity contribution in [2.75, 3.05) is 13.1 Å². The van der Waals surface area contributed by atoms with Crippen LogP contribution in [-0.2, 0) is 17.9 Å². The van der Waals surface area contributed by atoms with Crippen LogP contribution in [0.5, 0.6) is 0 Å². The van der Waals surface area contributed by atoms with Crippen molar-refractivity contribution in [2.45, 2.75) is 38.9 Å². The highest BCUT2D eigenvalue weighted by Crippen LogP contribution is 2.15. The van der Waals surface area contributed by atoms with Crippen molar-refractivity contribution in [1.29, 1.82) is 0 Å². The van der Waals surface area contributed by atoms with Gasteiger partial charge in [-0.05, 0) is 12.0 Å². The first kappa shape index (κ1) is 18.4. The lowest BCUT2D eigenvalue weighted by Gasteiger charge is -2.24. The number of urea groups is 1. The number of rotatable bonds is 7. The number of hydrogen-bond acceptors (Lipinski definition) is 4. The molecule has 138 valence electrons. The molecule has 1 aromatic heterocycles. The van der Waals surface area contributed by atoms with E-state index in [4.69, 9.17) is 0 Å². The fourth-order valence-electron chi connectivity index (χ4n) is 3.12. The third-order valence-corrected chi connectivity index (χ3v) is 5.11. The maximum Gasteiger partial charge on any atom is 0.318 e. The molecule has 1 atom stereocenters. The van der Waals surface area contributed by atoms with Gasteiger partial charge in [-0.1, -0.05) is 37.3 Å². The lowest BCUT2D eigenvalue weighted by molar-refractivity contribution is -0.127. The molecule has 3 rings (SSSR count). The molecule has 0 spiro atoms. The molecule has 2 heterocycles. The third-order valence-electron chi connectivity index (χ3n) is 4.35. The molecule has 26 heavy (non-hydrogen) atoms. The summed E-state index contributed by atoms with van der Waals surface area (Å²) < 4.78 is 0. The lowest BCUT2D eigenvalue weighted by atomic mass is 10.2. The molecule has 1 saturated heterocycles. The van der Waals surface area contributed by atoms with Gasteiger partial charge < -0.3 is 15.1 Å². The van der Waals surface area contributed by atoms with E-state index >= 15 is 0 Å². The van der Waals surface area contributed by atoms with Crippen LogP contribution in [0.4, 0.5) is 4.79 Å². The molecule has 3 amide bonds. The number of likely N-dealkylation sites (tertiary alicyclic amines) is 1. The molecular weight excluding hydrogens is 348 g/mol. The van der Waals surface area contributed by atoms with E-state index in [1.807, 2.05) is 40.6 Å². The van der Waals surface area contributed by atoms with Crippen LogP contribution in [0.3, 0.4) is 0 Å². The van der Waals surface area contributed by atoms with E-state index in [0.29, 0.717) is 26.1 Å². The van der Waals surface area contributed by atoms with E-state index in [1.165, 1.54) is 11.3 Å². The topological polar surface area (TPSA) is 65.5 Å². The van der Waals surface area contributed by atoms with Crippen LogP contribution in [0.2, 0.25) is 0 Å². The van der Waals surface area contributed by atoms with Crippen molar-refractivity contribution in [3.8, 4) is 0 Å². The predicted octanol–water partition coefficient (Wildman–Crippen LogP) is 2.87. The second-order valence-electron chi connectivity index (χ2n) is 6.46. The number of aromatic nitrogens is 1. The Morgan fingerprint density at radius 1 is 1.35 bits per heavy atom. The standard InChI is InChI=1S/C19H24N4O2S/c1-2-9-22-13-16(11-18(22)24)21-19(25)23(14-17-20-8-10-26-17)12-15-6-4-3-5-7-15/h3-8,10,16H,2,9,11-14H2,1H3,(H,21,25)/t16-/m1/s1. The van der Waals surface area contributed by atoms with Crippen LogP contribution >= 0.6 is 11.3 Å². The molecule has 0 radical (unpaired) electrons. The Labute approximate surface area is 157 Å². The van der Waals surface area contributed by atoms with Crippen molar-refractivity contribution in [3.63, 3.8) is 0 Å². The summed E-state index contributed by atoms with van der Waals surface area (Å²) in [5.74, 6) is 0.117. The van der Waals surface area contributed by atoms with Crippen molar-refractivity contribution in [1.82, 2.24) is 20.1 Å². The number of carbonyl (C=O) groups excluding carboxylic acids is 2. The van der Waals surface area contributed by atoms with Gasteiger partial charge in [0.1, 0.15) is 5.01 Å². The highest BCUT2D eigenvalue weighted by atomic mass is 32.1. The van der Waals surface area contributed by atoms with Crippen molar-refractivity contribution in [2.24, 2.45) is 0 Å². The highest BCUT2D eigenvalue weighted by Gasteiger charge is 2.31. The molecule has 1 aliphatic rings. The van der Waals surface area contributed by atoms with Gasteiger partial charge in [0.2, 0.25) is 5.91 Å². The molecule has 1 N–H and O–H groups in total. The first-order valence-electron chi connectivity index (χ1n) is 8.91. The summed E-state index contributed by atoms with van der Waals surface area (Å²) >= 11 is 1.53. The molecule has 1 aromatic carbocycles. The number of hydrogen-bond donors (Lipinski definition) is 1. The van der Waals surface area contributed by atoms with E-state index < -0.39 is 0 Å². The fraction of sp³-hybridized carbons (Fsp3) is 0.421. The van der Waals surface area contributed by atoms with E-state index in [-0.39, 0.29) is 18.0 Å². The van der Waals surface area contributed by atoms with Gasteiger partial charge in [0.15, 0.2) is 0 Å². The van der Waals surface area contributed by atoms with Gasteiger partial charge in [0, 0.05) is 37.6 Å². The number of nitrogens with zero attached hydrogens (tertiary/aromatic N) is 3. The summed E-state index contributed by atoms with van der Waals surface area (Å²) in [6.45, 7) is 4.35. The third kappa shape index (κ3) is 4.82. The largest absolute Gasteiger partial charge is 0.341 e. The van der Waals surface area contributed by atoms with Gasteiger partial charge in [-0.2, -0.15) is 0 Å². The van der Waals surface area contributed by atoms with Crippen LogP contribution in [-0.4, -0.2) is 45.9 Å². The van der Waals surface area contributed by atoms with E-state index in [0.717, 1.165) is 23.5 Å². The zero-order valence-electron chi connectivity index (χ0n) is 14.9. The number of carbonyl (C=O) groups is 2. The zero-order valence-corrected chi connectivity index (χ0v) is 15.7. The first-order valence-corrected chi connectivity index (χ1v) is 9.79. The van der Waals surface area contributed by atoms with E-state index in [1.54, 1.807) is 11.1 Å². The van der Waals surface area contributed by atoms with E-state index in [9.17, 15) is 9.59 Å². The van der Waals surface area contributed by atoms with Crippen molar-refractivity contribution < 1.29 is 9.59 Å². The second kappa shape index (κ2) is 8.80. The summed E-state index contributed by atoms with van der Waals surface area (Å²) in [5.41, 5.74) is 1.06. The molecule has 2 aromatic rings. The molecule has 1 fully saturated rings. The number of thiazole rings is 1. The molecule has 0 saturated carbocycles. The summed E-state index contributed by atoms with van der Waals surface area (Å²) in [7, 11) is 0. The molecule has 7 heteroatoms. The minimum Gasteiger partial charge on any atom is -0.341 e. The quantitative estimate of drug-likeness (QED) is 0.813. The summed E-state index contributed by atoms with van der Waals surface area (Å²) in [6.07, 6.45) is 3.05. The normalized spacial score (nSPS) is 16.7. The average molecular weight is 372 g/mol. The SMILES string of the molecule is CCCN1C[C@H](NC(=O)N(Cc2ccccc2)Cc2nccs2)CC1=O. The Bertz CT molecular complexity index is 720. The number of benzene rings is 1. The molecule has 0 bridgehead atoms. The first-order chi connectivity index (χ1) is 12.7. The molecule has 6 nitrogen and oxygen atoms in total. The van der Waals surface area contributed by atoms with Gasteiger partial charge in [-0.15, -0.1) is 11.3 Å². The summed E-state index contributed by atoms with van der Waals surface area (Å²) in [5, 5.41) is 5.84. The summed E-state index contributed by atoms with van der Waals surface area (Å²) in [4.78, 5) is 32.8. The maximum absolute atomic E-state index is 12.9. The van der Waals surface area contributed by atoms with Crippen LogP contribution in [0.25, 0.3) is 0 Å². The summed E-state index contributed by atoms with van der Waals surface area (Å²) in [6, 6.07) is 9.62. The Balaban J connectivity index is 1.65. The van der Waals surface area contributed by atoms with Gasteiger partial charge in [0.05, 0.1) is 12.6 Å². The fourth-order valence-corrected chi connectivity index (χ4v) is 3.75. The Morgan fingerprint density at radius 2 is 2.15 bits per heavy atom. The zero-order chi connectivity index (χ0) is 18.4. The van der Waals surface area contributed by atoms with Crippen LogP contribution in [0.15, 0.2) is 41.9 Å². The molecule has 1 aliphatic heterocycles. The lowest BCUT2D eigenvalue weighted by Crippen LogP contribution is -2.45. The predicted molar refractivity (Wildman–Crippen MR) is 102 cm³/mol. The number of nitrogens with one attached hydrogen (secondary N) is 1. The molecule has 0 unspecified atom stereocenters. The smallest absolute Gasteiger partial charge is 0.318 e. The minimum atomic E-state index is -0.153. The van der Waals surface area contributed by atoms with Crippen molar-refractivity contribution in [3.05, 3.63) is 52.5 Å².